The van der Waals surface area contributed by atoms with Crippen molar-refractivity contribution in [3.8, 4) is 5.69 Å². The van der Waals surface area contributed by atoms with Gasteiger partial charge in [-0.15, -0.1) is 0 Å². The molecule has 1 saturated carbocycles. The molecule has 3 aromatic rings. The van der Waals surface area contributed by atoms with Gasteiger partial charge in [0.1, 0.15) is 5.82 Å². The molecule has 1 aromatic carbocycles. The Balaban J connectivity index is 1.53. The number of piperidine rings is 1. The van der Waals surface area contributed by atoms with E-state index in [1.165, 1.54) is 10.7 Å². The zero-order chi connectivity index (χ0) is 25.9. The smallest absolute Gasteiger partial charge is 0.390 e. The number of aliphatic hydroxyl groups is 2. The number of fused-ring (bicyclic) bond motifs is 1. The molecule has 5 rings (SSSR count). The lowest BCUT2D eigenvalue weighted by molar-refractivity contribution is -0.137. The molecule has 0 amide bonds. The molecular weight excluding hydrogens is 473 g/mol. The quantitative estimate of drug-likeness (QED) is 0.480. The molecule has 2 aliphatic rings. The van der Waals surface area contributed by atoms with Crippen molar-refractivity contribution in [3.05, 3.63) is 36.0 Å². The van der Waals surface area contributed by atoms with Crippen LogP contribution in [0.25, 0.3) is 16.7 Å². The van der Waals surface area contributed by atoms with Crippen molar-refractivity contribution in [1.82, 2.24) is 19.7 Å². The van der Waals surface area contributed by atoms with E-state index >= 15 is 0 Å². The standard InChI is InChI=1S/C25H31F3N6O2/c1-23(2,35)15-7-9-33(10-8-15)20-19-14-29-34(18-6-4-5-16(11-18)25(26,27)28)21(19)32-22(31-20)30-17-12-24(3,36)13-17/h4-6,11,14-15,17,35-36H,7-10,12-13H2,1-3H3,(H,30,31,32)/t17-,24+. The van der Waals surface area contributed by atoms with Crippen LogP contribution in [-0.2, 0) is 6.18 Å². The van der Waals surface area contributed by atoms with Gasteiger partial charge in [0.05, 0.1) is 34.0 Å². The Morgan fingerprint density at radius 1 is 1.11 bits per heavy atom. The number of alkyl halides is 3. The number of nitrogens with one attached hydrogen (secondary N) is 1. The molecular formula is C25H31F3N6O2. The fraction of sp³-hybridized carbons (Fsp3) is 0.560. The van der Waals surface area contributed by atoms with Gasteiger partial charge in [-0.05, 0) is 70.6 Å². The van der Waals surface area contributed by atoms with Crippen LogP contribution >= 0.6 is 0 Å². The summed E-state index contributed by atoms with van der Waals surface area (Å²) in [5.41, 5.74) is -1.61. The van der Waals surface area contributed by atoms with Gasteiger partial charge in [-0.3, -0.25) is 0 Å². The van der Waals surface area contributed by atoms with Crippen LogP contribution in [0.1, 0.15) is 52.0 Å². The molecule has 8 nitrogen and oxygen atoms in total. The van der Waals surface area contributed by atoms with Gasteiger partial charge in [-0.25, -0.2) is 4.68 Å². The van der Waals surface area contributed by atoms with Crippen LogP contribution < -0.4 is 10.2 Å². The van der Waals surface area contributed by atoms with Crippen LogP contribution in [0, 0.1) is 5.92 Å². The van der Waals surface area contributed by atoms with Gasteiger partial charge in [0.2, 0.25) is 5.95 Å². The van der Waals surface area contributed by atoms with Gasteiger partial charge in [0.25, 0.3) is 0 Å². The number of hydrogen-bond donors (Lipinski definition) is 3. The second kappa shape index (κ2) is 8.58. The molecule has 1 aliphatic heterocycles. The summed E-state index contributed by atoms with van der Waals surface area (Å²) in [5.74, 6) is 1.16. The molecule has 36 heavy (non-hydrogen) atoms. The monoisotopic (exact) mass is 504 g/mol. The molecule has 0 atom stereocenters. The van der Waals surface area contributed by atoms with Crippen LogP contribution in [0.15, 0.2) is 30.5 Å². The molecule has 0 unspecified atom stereocenters. The number of benzene rings is 1. The van der Waals surface area contributed by atoms with Gasteiger partial charge >= 0.3 is 6.18 Å². The summed E-state index contributed by atoms with van der Waals surface area (Å²) in [4.78, 5) is 11.5. The molecule has 1 aliphatic carbocycles. The number of aromatic nitrogens is 4. The first-order chi connectivity index (χ1) is 16.8. The third-order valence-electron chi connectivity index (χ3n) is 7.33. The van der Waals surface area contributed by atoms with Crippen LogP contribution in [-0.4, -0.2) is 60.3 Å². The van der Waals surface area contributed by atoms with Crippen LogP contribution in [0.4, 0.5) is 24.9 Å². The van der Waals surface area contributed by atoms with E-state index in [2.05, 4.69) is 20.3 Å². The Labute approximate surface area is 207 Å². The van der Waals surface area contributed by atoms with Crippen molar-refractivity contribution in [1.29, 1.82) is 0 Å². The molecule has 2 fully saturated rings. The van der Waals surface area contributed by atoms with E-state index in [1.54, 1.807) is 19.2 Å². The zero-order valence-electron chi connectivity index (χ0n) is 20.5. The molecule has 11 heteroatoms. The van der Waals surface area contributed by atoms with Crippen LogP contribution in [0.3, 0.4) is 0 Å². The third-order valence-corrected chi connectivity index (χ3v) is 7.33. The normalized spacial score (nSPS) is 23.7. The first kappa shape index (κ1) is 24.8. The van der Waals surface area contributed by atoms with Crippen molar-refractivity contribution in [2.75, 3.05) is 23.3 Å². The number of rotatable bonds is 5. The Morgan fingerprint density at radius 2 is 1.81 bits per heavy atom. The zero-order valence-corrected chi connectivity index (χ0v) is 20.5. The van der Waals surface area contributed by atoms with Gasteiger partial charge < -0.3 is 20.4 Å². The largest absolute Gasteiger partial charge is 0.416 e. The molecule has 0 spiro atoms. The van der Waals surface area contributed by atoms with E-state index in [0.29, 0.717) is 48.7 Å². The van der Waals surface area contributed by atoms with E-state index in [9.17, 15) is 23.4 Å². The minimum atomic E-state index is -4.47. The highest BCUT2D eigenvalue weighted by molar-refractivity contribution is 5.89. The number of nitrogens with zero attached hydrogens (tertiary/aromatic N) is 5. The summed E-state index contributed by atoms with van der Waals surface area (Å²) in [6.07, 6.45) is -0.222. The molecule has 0 bridgehead atoms. The highest BCUT2D eigenvalue weighted by Crippen LogP contribution is 2.37. The van der Waals surface area contributed by atoms with Crippen molar-refractivity contribution < 1.29 is 23.4 Å². The summed E-state index contributed by atoms with van der Waals surface area (Å²) in [7, 11) is 0. The predicted octanol–water partition coefficient (Wildman–Crippen LogP) is 4.15. The lowest BCUT2D eigenvalue weighted by Crippen LogP contribution is -2.48. The second-order valence-electron chi connectivity index (χ2n) is 10.9. The number of anilines is 2. The highest BCUT2D eigenvalue weighted by Gasteiger charge is 2.39. The summed E-state index contributed by atoms with van der Waals surface area (Å²) < 4.78 is 41.5. The van der Waals surface area contributed by atoms with E-state index in [1.807, 2.05) is 13.8 Å². The van der Waals surface area contributed by atoms with Gasteiger partial charge in [0, 0.05) is 19.1 Å². The minimum Gasteiger partial charge on any atom is -0.390 e. The average Bonchev–Trinajstić information content (AvgIpc) is 3.20. The first-order valence-electron chi connectivity index (χ1n) is 12.2. The maximum absolute atomic E-state index is 13.4. The Kier molecular flexibility index (Phi) is 5.90. The fourth-order valence-electron chi connectivity index (χ4n) is 5.29. The lowest BCUT2D eigenvalue weighted by atomic mass is 9.77. The Bertz CT molecular complexity index is 1250. The summed E-state index contributed by atoms with van der Waals surface area (Å²) in [6, 6.07) is 4.99. The second-order valence-corrected chi connectivity index (χ2v) is 10.9. The molecule has 3 N–H and O–H groups in total. The van der Waals surface area contributed by atoms with Crippen molar-refractivity contribution in [3.63, 3.8) is 0 Å². The van der Waals surface area contributed by atoms with Crippen molar-refractivity contribution in [2.45, 2.75) is 69.9 Å². The SMILES string of the molecule is CC(C)(O)C1CCN(c2nc(N[C@H]3C[C@@](C)(O)C3)nc3c2cnn3-c2cccc(C(F)(F)F)c2)CC1. The van der Waals surface area contributed by atoms with E-state index in [0.717, 1.165) is 25.0 Å². The molecule has 2 aromatic heterocycles. The molecule has 3 heterocycles. The van der Waals surface area contributed by atoms with Crippen molar-refractivity contribution in [2.24, 2.45) is 5.92 Å². The van der Waals surface area contributed by atoms with Crippen LogP contribution in [0.2, 0.25) is 0 Å². The molecule has 0 radical (unpaired) electrons. The number of hydrogen-bond acceptors (Lipinski definition) is 7. The van der Waals surface area contributed by atoms with Gasteiger partial charge in [0.15, 0.2) is 5.65 Å². The molecule has 194 valence electrons. The van der Waals surface area contributed by atoms with E-state index in [-0.39, 0.29) is 17.6 Å². The lowest BCUT2D eigenvalue weighted by Gasteiger charge is -2.41. The summed E-state index contributed by atoms with van der Waals surface area (Å²) in [5, 5.41) is 28.8. The van der Waals surface area contributed by atoms with Crippen LogP contribution in [0.5, 0.6) is 0 Å². The van der Waals surface area contributed by atoms with E-state index < -0.39 is 22.9 Å². The fourth-order valence-corrected chi connectivity index (χ4v) is 5.29. The topological polar surface area (TPSA) is 99.3 Å². The van der Waals surface area contributed by atoms with Gasteiger partial charge in [-0.2, -0.15) is 28.2 Å². The highest BCUT2D eigenvalue weighted by atomic mass is 19.4. The summed E-state index contributed by atoms with van der Waals surface area (Å²) in [6.45, 7) is 6.77. The first-order valence-corrected chi connectivity index (χ1v) is 12.2. The third kappa shape index (κ3) is 4.86. The maximum Gasteiger partial charge on any atom is 0.416 e. The average molecular weight is 505 g/mol. The number of halogens is 3. The Morgan fingerprint density at radius 3 is 2.42 bits per heavy atom. The predicted molar refractivity (Wildman–Crippen MR) is 130 cm³/mol. The maximum atomic E-state index is 13.4. The van der Waals surface area contributed by atoms with Crippen molar-refractivity contribution >= 4 is 22.8 Å². The summed E-state index contributed by atoms with van der Waals surface area (Å²) >= 11 is 0. The Hall–Kier alpha value is -2.92. The van der Waals surface area contributed by atoms with E-state index in [4.69, 9.17) is 4.98 Å². The molecule has 1 saturated heterocycles. The van der Waals surface area contributed by atoms with Gasteiger partial charge in [-0.1, -0.05) is 6.07 Å². The minimum absolute atomic E-state index is 0.00356.